The summed E-state index contributed by atoms with van der Waals surface area (Å²) in [6.45, 7) is 1.96. The first kappa shape index (κ1) is 20.3. The van der Waals surface area contributed by atoms with Gasteiger partial charge >= 0.3 is 0 Å². The second-order valence-corrected chi connectivity index (χ2v) is 9.24. The van der Waals surface area contributed by atoms with Crippen molar-refractivity contribution in [1.82, 2.24) is 4.98 Å². The van der Waals surface area contributed by atoms with Crippen molar-refractivity contribution in [3.63, 3.8) is 0 Å². The molecule has 2 aliphatic heterocycles. The predicted octanol–water partition coefficient (Wildman–Crippen LogP) is 4.72. The fourth-order valence-electron chi connectivity index (χ4n) is 5.36. The van der Waals surface area contributed by atoms with Crippen LogP contribution in [0.3, 0.4) is 0 Å². The second kappa shape index (κ2) is 7.83. The number of aromatic nitrogens is 1. The van der Waals surface area contributed by atoms with E-state index >= 15 is 0 Å². The molecule has 5 rings (SSSR count). The Hall–Kier alpha value is -2.60. The Labute approximate surface area is 187 Å². The highest BCUT2D eigenvalue weighted by molar-refractivity contribution is 6.30. The molecule has 31 heavy (non-hydrogen) atoms. The zero-order valence-corrected chi connectivity index (χ0v) is 18.7. The number of fused-ring (bicyclic) bond motifs is 1. The zero-order valence-electron chi connectivity index (χ0n) is 17.9. The molecule has 2 atom stereocenters. The number of carbonyl (C=O) groups is 2. The summed E-state index contributed by atoms with van der Waals surface area (Å²) >= 11 is 6.07. The molecule has 0 spiro atoms. The van der Waals surface area contributed by atoms with Crippen LogP contribution in [0.5, 0.6) is 0 Å². The number of halogens is 1. The maximum Gasteiger partial charge on any atom is 0.249 e. The van der Waals surface area contributed by atoms with E-state index in [1.807, 2.05) is 55.3 Å². The van der Waals surface area contributed by atoms with E-state index in [0.717, 1.165) is 36.3 Å². The van der Waals surface area contributed by atoms with Gasteiger partial charge in [-0.05, 0) is 56.0 Å². The third-order valence-corrected chi connectivity index (χ3v) is 7.23. The number of likely N-dealkylation sites (N-methyl/N-ethyl adjacent to an activating group) is 1. The van der Waals surface area contributed by atoms with Gasteiger partial charge in [-0.25, -0.2) is 4.98 Å². The lowest BCUT2D eigenvalue weighted by Crippen LogP contribution is -2.54. The van der Waals surface area contributed by atoms with Gasteiger partial charge in [0.25, 0.3) is 0 Å². The van der Waals surface area contributed by atoms with Crippen LogP contribution >= 0.6 is 11.6 Å². The van der Waals surface area contributed by atoms with Gasteiger partial charge in [0, 0.05) is 24.5 Å². The monoisotopic (exact) mass is 438 g/mol. The molecule has 2 aromatic rings. The number of anilines is 3. The molecule has 3 heterocycles. The summed E-state index contributed by atoms with van der Waals surface area (Å²) in [4.78, 5) is 36.5. The number of amides is 2. The summed E-state index contributed by atoms with van der Waals surface area (Å²) in [6.07, 6.45) is 5.74. The van der Waals surface area contributed by atoms with Gasteiger partial charge in [0.05, 0.1) is 11.7 Å². The van der Waals surface area contributed by atoms with Gasteiger partial charge < -0.3 is 9.80 Å². The Morgan fingerprint density at radius 2 is 1.71 bits per heavy atom. The number of nitrogens with zero attached hydrogens (tertiary/aromatic N) is 4. The van der Waals surface area contributed by atoms with E-state index in [4.69, 9.17) is 16.6 Å². The van der Waals surface area contributed by atoms with E-state index in [9.17, 15) is 9.59 Å². The summed E-state index contributed by atoms with van der Waals surface area (Å²) in [6, 6.07) is 11.5. The predicted molar refractivity (Wildman–Crippen MR) is 123 cm³/mol. The topological polar surface area (TPSA) is 56.8 Å². The summed E-state index contributed by atoms with van der Waals surface area (Å²) in [5.74, 6) is 1.63. The molecule has 2 fully saturated rings. The van der Waals surface area contributed by atoms with Crippen LogP contribution in [0.4, 0.5) is 17.3 Å². The third kappa shape index (κ3) is 3.37. The van der Waals surface area contributed by atoms with Crippen molar-refractivity contribution in [2.24, 2.45) is 0 Å². The number of benzene rings is 1. The first-order valence-corrected chi connectivity index (χ1v) is 11.5. The summed E-state index contributed by atoms with van der Waals surface area (Å²) in [5, 5.41) is 0.681. The van der Waals surface area contributed by atoms with Gasteiger partial charge in [-0.3, -0.25) is 14.5 Å². The van der Waals surface area contributed by atoms with Crippen molar-refractivity contribution >= 4 is 40.7 Å². The van der Waals surface area contributed by atoms with Crippen LogP contribution < -0.4 is 14.7 Å². The standard InChI is InChI=1S/C24H27ClN4O2/c1-15-24(31)27(2)20-11-13-21(26-23(20)28(15)18-5-3-4-6-18)29-19(12-14-22(29)30)16-7-9-17(25)10-8-16/h7-11,13,15,18-19H,3-6,12,14H2,1-2H3. The Balaban J connectivity index is 1.57. The molecule has 2 amide bonds. The van der Waals surface area contributed by atoms with Crippen LogP contribution in [-0.4, -0.2) is 35.9 Å². The van der Waals surface area contributed by atoms with Crippen molar-refractivity contribution < 1.29 is 9.59 Å². The van der Waals surface area contributed by atoms with E-state index in [0.29, 0.717) is 23.3 Å². The number of pyridine rings is 1. The molecule has 1 saturated carbocycles. The first-order valence-electron chi connectivity index (χ1n) is 11.1. The van der Waals surface area contributed by atoms with Gasteiger partial charge in [0.2, 0.25) is 11.8 Å². The van der Waals surface area contributed by atoms with Crippen molar-refractivity contribution in [2.45, 2.75) is 63.6 Å². The number of hydrogen-bond donors (Lipinski definition) is 0. The minimum Gasteiger partial charge on any atom is -0.340 e. The molecule has 6 nitrogen and oxygen atoms in total. The van der Waals surface area contributed by atoms with Crippen LogP contribution in [-0.2, 0) is 9.59 Å². The molecule has 0 radical (unpaired) electrons. The lowest BCUT2D eigenvalue weighted by atomic mass is 10.0. The first-order chi connectivity index (χ1) is 15.0. The van der Waals surface area contributed by atoms with E-state index < -0.39 is 0 Å². The minimum atomic E-state index is -0.260. The van der Waals surface area contributed by atoms with Crippen molar-refractivity contribution in [2.75, 3.05) is 21.7 Å². The third-order valence-electron chi connectivity index (χ3n) is 6.98. The van der Waals surface area contributed by atoms with Crippen LogP contribution in [0.15, 0.2) is 36.4 Å². The van der Waals surface area contributed by atoms with Crippen LogP contribution in [0.2, 0.25) is 5.02 Å². The highest BCUT2D eigenvalue weighted by atomic mass is 35.5. The molecule has 2 unspecified atom stereocenters. The quantitative estimate of drug-likeness (QED) is 0.695. The molecule has 1 aliphatic carbocycles. The molecular weight excluding hydrogens is 412 g/mol. The highest BCUT2D eigenvalue weighted by Gasteiger charge is 2.41. The Kier molecular flexibility index (Phi) is 5.13. The average Bonchev–Trinajstić information content (AvgIpc) is 3.43. The number of hydrogen-bond acceptors (Lipinski definition) is 4. The Bertz CT molecular complexity index is 1020. The van der Waals surface area contributed by atoms with E-state index in [1.165, 1.54) is 12.8 Å². The fourth-order valence-corrected chi connectivity index (χ4v) is 5.49. The van der Waals surface area contributed by atoms with Crippen molar-refractivity contribution in [3.8, 4) is 0 Å². The van der Waals surface area contributed by atoms with E-state index in [-0.39, 0.29) is 23.9 Å². The molecule has 1 aromatic carbocycles. The lowest BCUT2D eigenvalue weighted by molar-refractivity contribution is -0.120. The van der Waals surface area contributed by atoms with Gasteiger partial charge in [-0.1, -0.05) is 36.6 Å². The summed E-state index contributed by atoms with van der Waals surface area (Å²) < 4.78 is 0. The van der Waals surface area contributed by atoms with Gasteiger partial charge in [-0.15, -0.1) is 0 Å². The van der Waals surface area contributed by atoms with Crippen LogP contribution in [0.1, 0.15) is 57.1 Å². The zero-order chi connectivity index (χ0) is 21.7. The minimum absolute atomic E-state index is 0.0596. The van der Waals surface area contributed by atoms with Crippen LogP contribution in [0.25, 0.3) is 0 Å². The normalized spacial score (nSPS) is 24.3. The summed E-state index contributed by atoms with van der Waals surface area (Å²) in [7, 11) is 1.81. The van der Waals surface area contributed by atoms with Gasteiger partial charge in [0.15, 0.2) is 5.82 Å². The largest absolute Gasteiger partial charge is 0.340 e. The lowest BCUT2D eigenvalue weighted by Gasteiger charge is -2.43. The molecule has 0 bridgehead atoms. The molecule has 3 aliphatic rings. The molecular formula is C24H27ClN4O2. The van der Waals surface area contributed by atoms with Crippen LogP contribution in [0, 0.1) is 0 Å². The van der Waals surface area contributed by atoms with Gasteiger partial charge in [-0.2, -0.15) is 0 Å². The van der Waals surface area contributed by atoms with Crippen molar-refractivity contribution in [1.29, 1.82) is 0 Å². The number of rotatable bonds is 3. The molecule has 1 aromatic heterocycles. The average molecular weight is 439 g/mol. The SMILES string of the molecule is CC1C(=O)N(C)c2ccc(N3C(=O)CCC3c3ccc(Cl)cc3)nc2N1C1CCCC1. The maximum atomic E-state index is 12.9. The fraction of sp³-hybridized carbons (Fsp3) is 0.458. The molecule has 1 saturated heterocycles. The van der Waals surface area contributed by atoms with E-state index in [1.54, 1.807) is 4.90 Å². The Morgan fingerprint density at radius 3 is 2.42 bits per heavy atom. The molecule has 7 heteroatoms. The second-order valence-electron chi connectivity index (χ2n) is 8.80. The van der Waals surface area contributed by atoms with Gasteiger partial charge in [0.1, 0.15) is 11.9 Å². The summed E-state index contributed by atoms with van der Waals surface area (Å²) in [5.41, 5.74) is 1.87. The highest BCUT2D eigenvalue weighted by Crippen LogP contribution is 2.42. The smallest absolute Gasteiger partial charge is 0.249 e. The maximum absolute atomic E-state index is 12.9. The van der Waals surface area contributed by atoms with E-state index in [2.05, 4.69) is 4.90 Å². The van der Waals surface area contributed by atoms with Crippen molar-refractivity contribution in [3.05, 3.63) is 47.0 Å². The molecule has 162 valence electrons. The number of carbonyl (C=O) groups excluding carboxylic acids is 2. The Morgan fingerprint density at radius 1 is 1.00 bits per heavy atom. The molecule has 0 N–H and O–H groups in total.